The van der Waals surface area contributed by atoms with Gasteiger partial charge >= 0.3 is 0 Å². The summed E-state index contributed by atoms with van der Waals surface area (Å²) in [5.41, 5.74) is 0.378. The van der Waals surface area contributed by atoms with E-state index in [-0.39, 0.29) is 23.7 Å². The van der Waals surface area contributed by atoms with Crippen molar-refractivity contribution < 1.29 is 9.32 Å². The molecule has 0 unspecified atom stereocenters. The Kier molecular flexibility index (Phi) is 4.24. The van der Waals surface area contributed by atoms with Gasteiger partial charge in [0, 0.05) is 11.4 Å². The highest BCUT2D eigenvalue weighted by atomic mass is 32.1. The lowest BCUT2D eigenvalue weighted by Gasteiger charge is -2.09. The second-order valence-corrected chi connectivity index (χ2v) is 6.21. The zero-order valence-corrected chi connectivity index (χ0v) is 13.6. The monoisotopic (exact) mass is 332 g/mol. The average molecular weight is 332 g/mol. The number of amides is 1. The van der Waals surface area contributed by atoms with E-state index in [2.05, 4.69) is 15.5 Å². The Morgan fingerprint density at radius 1 is 1.43 bits per heavy atom. The largest absolute Gasteiger partial charge is 0.354 e. The van der Waals surface area contributed by atoms with Crippen LogP contribution >= 0.6 is 11.3 Å². The summed E-state index contributed by atoms with van der Waals surface area (Å²) in [6, 6.07) is 4.00. The van der Waals surface area contributed by atoms with Crippen LogP contribution in [0.25, 0.3) is 11.1 Å². The predicted octanol–water partition coefficient (Wildman–Crippen LogP) is 1.42. The maximum atomic E-state index is 12.5. The Balaban J connectivity index is 1.72. The third-order valence-electron chi connectivity index (χ3n) is 3.53. The third-order valence-corrected chi connectivity index (χ3v) is 4.47. The first-order valence-corrected chi connectivity index (χ1v) is 8.06. The molecule has 0 aromatic carbocycles. The zero-order valence-electron chi connectivity index (χ0n) is 12.8. The summed E-state index contributed by atoms with van der Waals surface area (Å²) >= 11 is 1.65. The number of carbonyl (C=O) groups excluding carboxylic acids is 1. The number of hydrogen-bond acceptors (Lipinski definition) is 6. The molecule has 0 saturated heterocycles. The molecule has 1 N–H and O–H groups in total. The maximum absolute atomic E-state index is 12.5. The van der Waals surface area contributed by atoms with Crippen molar-refractivity contribution in [1.29, 1.82) is 0 Å². The molecule has 0 spiro atoms. The Morgan fingerprint density at radius 2 is 2.26 bits per heavy atom. The minimum atomic E-state index is -0.306. The van der Waals surface area contributed by atoms with Crippen molar-refractivity contribution in [2.24, 2.45) is 0 Å². The smallest absolute Gasteiger partial charge is 0.267 e. The fourth-order valence-electron chi connectivity index (χ4n) is 2.34. The molecule has 7 nitrogen and oxygen atoms in total. The fourth-order valence-corrected chi connectivity index (χ4v) is 3.04. The molecule has 120 valence electrons. The molecule has 8 heteroatoms. The number of aromatic nitrogens is 3. The second-order valence-electron chi connectivity index (χ2n) is 5.18. The van der Waals surface area contributed by atoms with Crippen LogP contribution in [0.3, 0.4) is 0 Å². The molecular formula is C15H16N4O3S. The molecule has 3 rings (SSSR count). The molecule has 0 atom stereocenters. The van der Waals surface area contributed by atoms with Gasteiger partial charge in [-0.1, -0.05) is 11.2 Å². The van der Waals surface area contributed by atoms with Crippen LogP contribution in [0.5, 0.6) is 0 Å². The molecule has 23 heavy (non-hydrogen) atoms. The highest BCUT2D eigenvalue weighted by Crippen LogP contribution is 2.11. The lowest BCUT2D eigenvalue weighted by atomic mass is 10.3. The summed E-state index contributed by atoms with van der Waals surface area (Å²) in [5.74, 6) is 0.203. The Hall–Kier alpha value is -2.48. The highest BCUT2D eigenvalue weighted by molar-refractivity contribution is 7.09. The molecule has 0 aliphatic rings. The van der Waals surface area contributed by atoms with E-state index in [0.29, 0.717) is 23.4 Å². The second kappa shape index (κ2) is 6.33. The minimum absolute atomic E-state index is 0.0668. The van der Waals surface area contributed by atoms with Gasteiger partial charge in [-0.3, -0.25) is 14.2 Å². The number of hydrogen-bond donors (Lipinski definition) is 1. The van der Waals surface area contributed by atoms with Crippen LogP contribution in [-0.2, 0) is 17.8 Å². The van der Waals surface area contributed by atoms with Crippen LogP contribution in [-0.4, -0.2) is 27.2 Å². The molecule has 0 fully saturated rings. The van der Waals surface area contributed by atoms with Gasteiger partial charge in [0.25, 0.3) is 11.3 Å². The van der Waals surface area contributed by atoms with Gasteiger partial charge in [0.15, 0.2) is 0 Å². The van der Waals surface area contributed by atoms with Crippen molar-refractivity contribution in [2.45, 2.75) is 26.8 Å². The molecule has 0 bridgehead atoms. The van der Waals surface area contributed by atoms with Gasteiger partial charge in [0.1, 0.15) is 17.8 Å². The number of fused-ring (bicyclic) bond motifs is 1. The number of nitrogens with zero attached hydrogens (tertiary/aromatic N) is 3. The van der Waals surface area contributed by atoms with Crippen molar-refractivity contribution in [3.8, 4) is 0 Å². The Labute approximate surface area is 135 Å². The van der Waals surface area contributed by atoms with Gasteiger partial charge in [-0.25, -0.2) is 0 Å². The summed E-state index contributed by atoms with van der Waals surface area (Å²) < 4.78 is 6.34. The van der Waals surface area contributed by atoms with Crippen LogP contribution in [0.1, 0.15) is 16.4 Å². The first kappa shape index (κ1) is 15.4. The van der Waals surface area contributed by atoms with E-state index in [4.69, 9.17) is 4.52 Å². The highest BCUT2D eigenvalue weighted by Gasteiger charge is 2.16. The normalized spacial score (nSPS) is 11.0. The molecular weight excluding hydrogens is 316 g/mol. The Morgan fingerprint density at radius 3 is 3.00 bits per heavy atom. The predicted molar refractivity (Wildman–Crippen MR) is 86.6 cm³/mol. The topological polar surface area (TPSA) is 90.0 Å². The lowest BCUT2D eigenvalue weighted by molar-refractivity contribution is -0.121. The molecule has 0 saturated carbocycles. The van der Waals surface area contributed by atoms with Crippen molar-refractivity contribution in [3.63, 3.8) is 0 Å². The van der Waals surface area contributed by atoms with Gasteiger partial charge < -0.3 is 9.84 Å². The van der Waals surface area contributed by atoms with Crippen LogP contribution in [0.4, 0.5) is 0 Å². The number of thiophene rings is 1. The van der Waals surface area contributed by atoms with Gasteiger partial charge in [-0.05, 0) is 31.7 Å². The van der Waals surface area contributed by atoms with Crippen LogP contribution in [0.2, 0.25) is 0 Å². The van der Waals surface area contributed by atoms with E-state index in [1.807, 2.05) is 17.5 Å². The van der Waals surface area contributed by atoms with Gasteiger partial charge in [-0.15, -0.1) is 11.3 Å². The first-order valence-electron chi connectivity index (χ1n) is 7.19. The van der Waals surface area contributed by atoms with Gasteiger partial charge in [0.05, 0.1) is 5.69 Å². The SMILES string of the molecule is Cc1noc2nc(C)n(CC(=O)NCCc3cccs3)c(=O)c12. The van der Waals surface area contributed by atoms with Crippen LogP contribution < -0.4 is 10.9 Å². The summed E-state index contributed by atoms with van der Waals surface area (Å²) in [7, 11) is 0. The number of carbonyl (C=O) groups is 1. The summed E-state index contributed by atoms with van der Waals surface area (Å²) in [5, 5.41) is 8.89. The molecule has 0 aliphatic carbocycles. The van der Waals surface area contributed by atoms with Gasteiger partial charge in [-0.2, -0.15) is 4.98 Å². The first-order chi connectivity index (χ1) is 11.1. The lowest BCUT2D eigenvalue weighted by Crippen LogP contribution is -2.34. The van der Waals surface area contributed by atoms with Crippen molar-refractivity contribution in [2.75, 3.05) is 6.54 Å². The molecule has 1 amide bonds. The Bertz CT molecular complexity index is 895. The molecule has 3 aromatic rings. The van der Waals surface area contributed by atoms with Crippen LogP contribution in [0.15, 0.2) is 26.8 Å². The fraction of sp³-hybridized carbons (Fsp3) is 0.333. The third kappa shape index (κ3) is 3.16. The molecule has 3 heterocycles. The van der Waals surface area contributed by atoms with Crippen molar-refractivity contribution in [1.82, 2.24) is 20.0 Å². The summed E-state index contributed by atoms with van der Waals surface area (Å²) in [4.78, 5) is 29.9. The summed E-state index contributed by atoms with van der Waals surface area (Å²) in [6.07, 6.45) is 0.777. The summed E-state index contributed by atoms with van der Waals surface area (Å²) in [6.45, 7) is 3.81. The van der Waals surface area contributed by atoms with E-state index < -0.39 is 0 Å². The standard InChI is InChI=1S/C15H16N4O3S/c1-9-13-14(22-18-9)17-10(2)19(15(13)21)8-12(20)16-6-5-11-4-3-7-23-11/h3-4,7H,5-6,8H2,1-2H3,(H,16,20). The van der Waals surface area contributed by atoms with Gasteiger partial charge in [0.2, 0.25) is 5.91 Å². The van der Waals surface area contributed by atoms with E-state index >= 15 is 0 Å². The van der Waals surface area contributed by atoms with Crippen molar-refractivity contribution >= 4 is 28.3 Å². The molecule has 0 aliphatic heterocycles. The van der Waals surface area contributed by atoms with Crippen LogP contribution in [0, 0.1) is 13.8 Å². The average Bonchev–Trinajstić information content (AvgIpc) is 3.14. The van der Waals surface area contributed by atoms with Crippen molar-refractivity contribution in [3.05, 3.63) is 44.3 Å². The van der Waals surface area contributed by atoms with E-state index in [1.165, 1.54) is 9.44 Å². The maximum Gasteiger partial charge on any atom is 0.267 e. The van der Waals surface area contributed by atoms with E-state index in [0.717, 1.165) is 6.42 Å². The van der Waals surface area contributed by atoms with E-state index in [9.17, 15) is 9.59 Å². The number of aryl methyl sites for hydroxylation is 2. The quantitative estimate of drug-likeness (QED) is 0.763. The minimum Gasteiger partial charge on any atom is -0.354 e. The molecule has 3 aromatic heterocycles. The molecule has 0 radical (unpaired) electrons. The van der Waals surface area contributed by atoms with E-state index in [1.54, 1.807) is 25.2 Å². The number of nitrogens with one attached hydrogen (secondary N) is 1. The number of rotatable bonds is 5. The zero-order chi connectivity index (χ0) is 16.4.